The van der Waals surface area contributed by atoms with Crippen LogP contribution < -0.4 is 20.1 Å². The van der Waals surface area contributed by atoms with Crippen molar-refractivity contribution in [3.63, 3.8) is 0 Å². The molecule has 0 radical (unpaired) electrons. The van der Waals surface area contributed by atoms with Gasteiger partial charge in [0.05, 0.1) is 12.3 Å². The fourth-order valence-corrected chi connectivity index (χ4v) is 3.37. The SMILES string of the molecule is CCCCCCCOc1ccc(COc2ccccc2NC(=O)Nc2ccnc(Cl)c2)cc1. The van der Waals surface area contributed by atoms with E-state index in [0.29, 0.717) is 28.9 Å². The quantitative estimate of drug-likeness (QED) is 0.216. The molecule has 7 heteroatoms. The molecule has 0 spiro atoms. The number of unbranched alkanes of at least 4 members (excludes halogenated alkanes) is 4. The summed E-state index contributed by atoms with van der Waals surface area (Å²) in [4.78, 5) is 16.3. The van der Waals surface area contributed by atoms with Crippen LogP contribution in [0.3, 0.4) is 0 Å². The third-order valence-corrected chi connectivity index (χ3v) is 5.16. The highest BCUT2D eigenvalue weighted by Crippen LogP contribution is 2.25. The lowest BCUT2D eigenvalue weighted by molar-refractivity contribution is 0.261. The number of pyridine rings is 1. The van der Waals surface area contributed by atoms with Gasteiger partial charge in [-0.2, -0.15) is 0 Å². The van der Waals surface area contributed by atoms with Crippen LogP contribution in [0.4, 0.5) is 16.2 Å². The molecule has 1 heterocycles. The molecule has 3 aromatic rings. The second-order valence-corrected chi connectivity index (χ2v) is 8.03. The molecule has 174 valence electrons. The van der Waals surface area contributed by atoms with Crippen LogP contribution in [-0.2, 0) is 6.61 Å². The fraction of sp³-hybridized carbons (Fsp3) is 0.308. The Morgan fingerprint density at radius 3 is 2.52 bits per heavy atom. The molecule has 2 N–H and O–H groups in total. The number of aromatic nitrogens is 1. The number of nitrogens with zero attached hydrogens (tertiary/aromatic N) is 1. The summed E-state index contributed by atoms with van der Waals surface area (Å²) in [6.07, 6.45) is 7.62. The van der Waals surface area contributed by atoms with Crippen LogP contribution in [0, 0.1) is 0 Å². The Kier molecular flexibility index (Phi) is 9.86. The highest BCUT2D eigenvalue weighted by Gasteiger charge is 2.09. The van der Waals surface area contributed by atoms with Gasteiger partial charge in [-0.05, 0) is 48.4 Å². The van der Waals surface area contributed by atoms with E-state index in [1.165, 1.54) is 31.9 Å². The number of carbonyl (C=O) groups is 1. The van der Waals surface area contributed by atoms with Crippen molar-refractivity contribution in [1.29, 1.82) is 0 Å². The van der Waals surface area contributed by atoms with Gasteiger partial charge >= 0.3 is 6.03 Å². The number of anilines is 2. The van der Waals surface area contributed by atoms with Crippen molar-refractivity contribution in [3.8, 4) is 11.5 Å². The standard InChI is InChI=1S/C26H30ClN3O3/c1-2-3-4-5-8-17-32-22-13-11-20(12-14-22)19-33-24-10-7-6-9-23(24)30-26(31)29-21-15-16-28-25(27)18-21/h6-7,9-16,18H,2-5,8,17,19H2,1H3,(H2,28,29,30,31). The van der Waals surface area contributed by atoms with E-state index in [1.54, 1.807) is 18.2 Å². The maximum Gasteiger partial charge on any atom is 0.323 e. The maximum absolute atomic E-state index is 12.4. The Hall–Kier alpha value is -3.25. The molecule has 0 saturated carbocycles. The van der Waals surface area contributed by atoms with Crippen molar-refractivity contribution >= 4 is 29.0 Å². The summed E-state index contributed by atoms with van der Waals surface area (Å²) in [6.45, 7) is 3.33. The van der Waals surface area contributed by atoms with Crippen LogP contribution in [0.1, 0.15) is 44.6 Å². The lowest BCUT2D eigenvalue weighted by atomic mass is 10.2. The summed E-state index contributed by atoms with van der Waals surface area (Å²) in [6, 6.07) is 18.0. The van der Waals surface area contributed by atoms with Crippen molar-refractivity contribution in [2.24, 2.45) is 0 Å². The second-order valence-electron chi connectivity index (χ2n) is 7.64. The summed E-state index contributed by atoms with van der Waals surface area (Å²) in [7, 11) is 0. The molecule has 0 aliphatic rings. The molecular weight excluding hydrogens is 438 g/mol. The first kappa shape index (κ1) is 24.4. The largest absolute Gasteiger partial charge is 0.494 e. The van der Waals surface area contributed by atoms with Gasteiger partial charge in [-0.15, -0.1) is 0 Å². The summed E-state index contributed by atoms with van der Waals surface area (Å²) in [5.41, 5.74) is 2.13. The van der Waals surface area contributed by atoms with Gasteiger partial charge in [0.25, 0.3) is 0 Å². The van der Waals surface area contributed by atoms with Crippen LogP contribution in [0.25, 0.3) is 0 Å². The lowest BCUT2D eigenvalue weighted by Gasteiger charge is -2.13. The number of para-hydroxylation sites is 2. The number of ether oxygens (including phenoxy) is 2. The predicted molar refractivity (Wildman–Crippen MR) is 133 cm³/mol. The maximum atomic E-state index is 12.4. The zero-order valence-corrected chi connectivity index (χ0v) is 19.6. The van der Waals surface area contributed by atoms with Gasteiger partial charge in [-0.3, -0.25) is 0 Å². The number of benzene rings is 2. The second kappa shape index (κ2) is 13.3. The Labute approximate surface area is 200 Å². The number of urea groups is 1. The molecule has 0 aliphatic heterocycles. The smallest absolute Gasteiger partial charge is 0.323 e. The first-order valence-electron chi connectivity index (χ1n) is 11.3. The van der Waals surface area contributed by atoms with E-state index in [2.05, 4.69) is 22.5 Å². The van der Waals surface area contributed by atoms with E-state index < -0.39 is 6.03 Å². The molecule has 0 atom stereocenters. The topological polar surface area (TPSA) is 72.5 Å². The predicted octanol–water partition coefficient (Wildman–Crippen LogP) is 7.31. The molecule has 0 bridgehead atoms. The molecule has 3 rings (SSSR count). The Morgan fingerprint density at radius 1 is 0.939 bits per heavy atom. The summed E-state index contributed by atoms with van der Waals surface area (Å²) < 4.78 is 11.8. The molecule has 0 unspecified atom stereocenters. The van der Waals surface area contributed by atoms with Gasteiger partial charge in [0, 0.05) is 11.9 Å². The van der Waals surface area contributed by atoms with Gasteiger partial charge in [0.2, 0.25) is 0 Å². The summed E-state index contributed by atoms with van der Waals surface area (Å²) >= 11 is 5.86. The van der Waals surface area contributed by atoms with E-state index >= 15 is 0 Å². The molecular formula is C26H30ClN3O3. The van der Waals surface area contributed by atoms with E-state index in [0.717, 1.165) is 24.3 Å². The molecule has 0 aliphatic carbocycles. The lowest BCUT2D eigenvalue weighted by Crippen LogP contribution is -2.20. The Bertz CT molecular complexity index is 1010. The normalized spacial score (nSPS) is 10.5. The summed E-state index contributed by atoms with van der Waals surface area (Å²) in [5.74, 6) is 1.44. The van der Waals surface area contributed by atoms with E-state index in [4.69, 9.17) is 21.1 Å². The number of nitrogens with one attached hydrogen (secondary N) is 2. The zero-order valence-electron chi connectivity index (χ0n) is 18.9. The van der Waals surface area contributed by atoms with E-state index in [9.17, 15) is 4.79 Å². The first-order chi connectivity index (χ1) is 16.1. The summed E-state index contributed by atoms with van der Waals surface area (Å²) in [5, 5.41) is 5.84. The first-order valence-corrected chi connectivity index (χ1v) is 11.6. The number of carbonyl (C=O) groups excluding carboxylic acids is 1. The Morgan fingerprint density at radius 2 is 1.73 bits per heavy atom. The third kappa shape index (κ3) is 8.66. The third-order valence-electron chi connectivity index (χ3n) is 4.95. The number of rotatable bonds is 12. The molecule has 1 aromatic heterocycles. The van der Waals surface area contributed by atoms with Crippen molar-refractivity contribution in [1.82, 2.24) is 4.98 Å². The van der Waals surface area contributed by atoms with Crippen LogP contribution in [-0.4, -0.2) is 17.6 Å². The van der Waals surface area contributed by atoms with Crippen LogP contribution in [0.5, 0.6) is 11.5 Å². The number of halogens is 1. The van der Waals surface area contributed by atoms with Gasteiger partial charge in [0.15, 0.2) is 0 Å². The van der Waals surface area contributed by atoms with E-state index in [1.807, 2.05) is 42.5 Å². The minimum absolute atomic E-state index is 0.305. The van der Waals surface area contributed by atoms with Gasteiger partial charge < -0.3 is 20.1 Å². The average Bonchev–Trinajstić information content (AvgIpc) is 2.81. The van der Waals surface area contributed by atoms with Crippen molar-refractivity contribution in [2.75, 3.05) is 17.2 Å². The molecule has 2 aromatic carbocycles. The van der Waals surface area contributed by atoms with Gasteiger partial charge in [-0.25, -0.2) is 9.78 Å². The monoisotopic (exact) mass is 467 g/mol. The highest BCUT2D eigenvalue weighted by atomic mass is 35.5. The number of amides is 2. The Balaban J connectivity index is 1.48. The molecule has 2 amide bonds. The van der Waals surface area contributed by atoms with E-state index in [-0.39, 0.29) is 0 Å². The van der Waals surface area contributed by atoms with Gasteiger partial charge in [0.1, 0.15) is 23.3 Å². The number of hydrogen-bond acceptors (Lipinski definition) is 4. The van der Waals surface area contributed by atoms with Crippen LogP contribution in [0.15, 0.2) is 66.9 Å². The number of hydrogen-bond donors (Lipinski definition) is 2. The highest BCUT2D eigenvalue weighted by molar-refractivity contribution is 6.29. The van der Waals surface area contributed by atoms with Crippen LogP contribution >= 0.6 is 11.6 Å². The van der Waals surface area contributed by atoms with Gasteiger partial charge in [-0.1, -0.05) is 68.5 Å². The van der Waals surface area contributed by atoms with Crippen molar-refractivity contribution < 1.29 is 14.3 Å². The molecule has 0 fully saturated rings. The molecule has 0 saturated heterocycles. The minimum atomic E-state index is -0.399. The molecule has 6 nitrogen and oxygen atoms in total. The average molecular weight is 468 g/mol. The van der Waals surface area contributed by atoms with Crippen molar-refractivity contribution in [2.45, 2.75) is 45.6 Å². The fourth-order valence-electron chi connectivity index (χ4n) is 3.20. The minimum Gasteiger partial charge on any atom is -0.494 e. The molecule has 33 heavy (non-hydrogen) atoms. The van der Waals surface area contributed by atoms with Crippen LogP contribution in [0.2, 0.25) is 5.15 Å². The zero-order chi connectivity index (χ0) is 23.3. The van der Waals surface area contributed by atoms with Crippen molar-refractivity contribution in [3.05, 3.63) is 77.6 Å².